The van der Waals surface area contributed by atoms with E-state index in [-0.39, 0.29) is 5.82 Å². The first kappa shape index (κ1) is 18.4. The van der Waals surface area contributed by atoms with Crippen LogP contribution in [0.15, 0.2) is 30.6 Å². The van der Waals surface area contributed by atoms with Gasteiger partial charge in [-0.05, 0) is 37.1 Å². The zero-order chi connectivity index (χ0) is 18.9. The summed E-state index contributed by atoms with van der Waals surface area (Å²) < 4.78 is 39.4. The lowest BCUT2D eigenvalue weighted by Gasteiger charge is -2.13. The number of aryl methyl sites for hydroxylation is 1. The third-order valence-electron chi connectivity index (χ3n) is 3.91. The highest BCUT2D eigenvalue weighted by atomic mass is 35.5. The topological polar surface area (TPSA) is 71.4 Å². The van der Waals surface area contributed by atoms with E-state index in [0.717, 1.165) is 16.8 Å². The molecule has 26 heavy (non-hydrogen) atoms. The van der Waals surface area contributed by atoms with Gasteiger partial charge in [-0.25, -0.2) is 9.67 Å². The number of nitrogens with zero attached hydrogens (tertiary/aromatic N) is 4. The van der Waals surface area contributed by atoms with Crippen LogP contribution in [0.1, 0.15) is 35.7 Å². The summed E-state index contributed by atoms with van der Waals surface area (Å²) in [5.41, 5.74) is 2.90. The van der Waals surface area contributed by atoms with E-state index >= 15 is 0 Å². The highest BCUT2D eigenvalue weighted by Gasteiger charge is 2.36. The third kappa shape index (κ3) is 4.05. The predicted octanol–water partition coefficient (Wildman–Crippen LogP) is 3.82. The molecule has 10 heteroatoms. The number of aromatic amines is 1. The Morgan fingerprint density at radius 2 is 2.12 bits per heavy atom. The van der Waals surface area contributed by atoms with Crippen molar-refractivity contribution in [2.45, 2.75) is 32.6 Å². The van der Waals surface area contributed by atoms with Gasteiger partial charge in [0.05, 0.1) is 22.9 Å². The van der Waals surface area contributed by atoms with Crippen LogP contribution in [0.3, 0.4) is 0 Å². The van der Waals surface area contributed by atoms with E-state index < -0.39 is 18.0 Å². The Labute approximate surface area is 152 Å². The third-order valence-corrected chi connectivity index (χ3v) is 4.10. The highest BCUT2D eigenvalue weighted by molar-refractivity contribution is 6.30. The lowest BCUT2D eigenvalue weighted by atomic mass is 10.1. The summed E-state index contributed by atoms with van der Waals surface area (Å²) in [5.74, 6) is -1.03. The molecule has 3 aromatic rings. The van der Waals surface area contributed by atoms with Crippen molar-refractivity contribution in [3.63, 3.8) is 0 Å². The quantitative estimate of drug-likeness (QED) is 0.701. The van der Waals surface area contributed by atoms with Crippen LogP contribution in [0.5, 0.6) is 0 Å². The summed E-state index contributed by atoms with van der Waals surface area (Å²) in [6.45, 7) is 4.14. The van der Waals surface area contributed by atoms with Crippen molar-refractivity contribution >= 4 is 11.6 Å². The minimum atomic E-state index is -4.56. The molecular weight excluding hydrogens is 369 g/mol. The Bertz CT molecular complexity index is 902. The van der Waals surface area contributed by atoms with Gasteiger partial charge in [-0.2, -0.15) is 18.3 Å². The van der Waals surface area contributed by atoms with Gasteiger partial charge in [-0.15, -0.1) is 5.10 Å². The highest BCUT2D eigenvalue weighted by Crippen LogP contribution is 2.26. The molecule has 2 aromatic heterocycles. The normalized spacial score (nSPS) is 13.2. The molecule has 0 bridgehead atoms. The van der Waals surface area contributed by atoms with Gasteiger partial charge >= 0.3 is 6.18 Å². The molecule has 0 spiro atoms. The molecule has 1 aromatic carbocycles. The van der Waals surface area contributed by atoms with Crippen molar-refractivity contribution in [3.05, 3.63) is 58.4 Å². The molecule has 1 unspecified atom stereocenters. The van der Waals surface area contributed by atoms with Crippen LogP contribution in [-0.2, 0) is 12.7 Å². The molecule has 0 aliphatic rings. The number of alkyl halides is 3. The molecular formula is C16H16ClF3N6. The smallest absolute Gasteiger partial charge is 0.303 e. The molecule has 6 nitrogen and oxygen atoms in total. The average molecular weight is 385 g/mol. The number of H-pyrrole nitrogens is 1. The molecule has 2 N–H and O–H groups in total. The maximum absolute atomic E-state index is 12.6. The van der Waals surface area contributed by atoms with Crippen LogP contribution >= 0.6 is 11.6 Å². The van der Waals surface area contributed by atoms with Gasteiger partial charge in [0.2, 0.25) is 0 Å². The largest absolute Gasteiger partial charge is 0.453 e. The molecule has 3 rings (SSSR count). The van der Waals surface area contributed by atoms with Crippen LogP contribution in [0.25, 0.3) is 5.69 Å². The Morgan fingerprint density at radius 3 is 2.69 bits per heavy atom. The predicted molar refractivity (Wildman–Crippen MR) is 90.0 cm³/mol. The summed E-state index contributed by atoms with van der Waals surface area (Å²) in [6, 6.07) is 5.37. The average Bonchev–Trinajstić information content (AvgIpc) is 3.22. The minimum absolute atomic E-state index is 0.137. The Hall–Kier alpha value is -2.39. The molecule has 0 fully saturated rings. The van der Waals surface area contributed by atoms with Gasteiger partial charge in [0.25, 0.3) is 5.82 Å². The first-order chi connectivity index (χ1) is 12.2. The van der Waals surface area contributed by atoms with E-state index in [1.54, 1.807) is 24.0 Å². The maximum atomic E-state index is 12.6. The lowest BCUT2D eigenvalue weighted by molar-refractivity contribution is -0.144. The van der Waals surface area contributed by atoms with Crippen LogP contribution in [0.4, 0.5) is 13.2 Å². The van der Waals surface area contributed by atoms with Crippen LogP contribution in [0, 0.1) is 6.92 Å². The van der Waals surface area contributed by atoms with Gasteiger partial charge in [-0.1, -0.05) is 17.7 Å². The van der Waals surface area contributed by atoms with Crippen LogP contribution < -0.4 is 5.32 Å². The van der Waals surface area contributed by atoms with Gasteiger partial charge in [0.15, 0.2) is 0 Å². The molecule has 0 aliphatic carbocycles. The molecule has 0 saturated carbocycles. The van der Waals surface area contributed by atoms with E-state index in [1.807, 2.05) is 25.1 Å². The first-order valence-electron chi connectivity index (χ1n) is 7.77. The van der Waals surface area contributed by atoms with Crippen molar-refractivity contribution in [1.82, 2.24) is 30.3 Å². The number of hydrogen-bond donors (Lipinski definition) is 2. The Balaban J connectivity index is 1.66. The van der Waals surface area contributed by atoms with E-state index in [4.69, 9.17) is 11.6 Å². The molecule has 0 saturated heterocycles. The second-order valence-electron chi connectivity index (χ2n) is 5.86. The van der Waals surface area contributed by atoms with E-state index in [0.29, 0.717) is 11.6 Å². The fourth-order valence-corrected chi connectivity index (χ4v) is 2.55. The molecule has 2 heterocycles. The Kier molecular flexibility index (Phi) is 5.01. The molecule has 0 aliphatic heterocycles. The number of rotatable bonds is 5. The monoisotopic (exact) mass is 384 g/mol. The van der Waals surface area contributed by atoms with Crippen molar-refractivity contribution < 1.29 is 13.2 Å². The summed E-state index contributed by atoms with van der Waals surface area (Å²) in [4.78, 5) is 3.49. The molecule has 0 amide bonds. The maximum Gasteiger partial charge on any atom is 0.453 e. The second-order valence-corrected chi connectivity index (χ2v) is 6.29. The molecule has 138 valence electrons. The SMILES string of the molecule is Cc1cc(-n2cc(Cl)cn2)ccc1CNC(C)c1nc(C(F)(F)F)n[nH]1. The van der Waals surface area contributed by atoms with Crippen LogP contribution in [-0.4, -0.2) is 25.0 Å². The summed E-state index contributed by atoms with van der Waals surface area (Å²) in [6.07, 6.45) is -1.30. The van der Waals surface area contributed by atoms with Gasteiger partial charge in [-0.3, -0.25) is 5.10 Å². The van der Waals surface area contributed by atoms with Gasteiger partial charge in [0, 0.05) is 12.7 Å². The van der Waals surface area contributed by atoms with Gasteiger partial charge in [0.1, 0.15) is 5.82 Å². The van der Waals surface area contributed by atoms with E-state index in [1.165, 1.54) is 0 Å². The fourth-order valence-electron chi connectivity index (χ4n) is 2.42. The van der Waals surface area contributed by atoms with Crippen molar-refractivity contribution in [3.8, 4) is 5.69 Å². The van der Waals surface area contributed by atoms with Crippen molar-refractivity contribution in [2.75, 3.05) is 0 Å². The number of aromatic nitrogens is 5. The standard InChI is InChI=1S/C16H16ClF3N6/c1-9-5-13(26-8-12(17)7-22-26)4-3-11(9)6-21-10(2)14-23-15(25-24-14)16(18,19)20/h3-5,7-8,10,21H,6H2,1-2H3,(H,23,24,25). The van der Waals surface area contributed by atoms with E-state index in [9.17, 15) is 13.2 Å². The summed E-state index contributed by atoms with van der Waals surface area (Å²) in [7, 11) is 0. The number of hydrogen-bond acceptors (Lipinski definition) is 4. The fraction of sp³-hybridized carbons (Fsp3) is 0.312. The molecule has 1 atom stereocenters. The lowest BCUT2D eigenvalue weighted by Crippen LogP contribution is -2.20. The second kappa shape index (κ2) is 7.08. The zero-order valence-corrected chi connectivity index (χ0v) is 14.7. The Morgan fingerprint density at radius 1 is 1.35 bits per heavy atom. The zero-order valence-electron chi connectivity index (χ0n) is 14.0. The first-order valence-corrected chi connectivity index (χ1v) is 8.15. The minimum Gasteiger partial charge on any atom is -0.303 e. The van der Waals surface area contributed by atoms with E-state index in [2.05, 4.69) is 25.6 Å². The van der Waals surface area contributed by atoms with Gasteiger partial charge < -0.3 is 5.32 Å². The number of nitrogens with one attached hydrogen (secondary N) is 2. The van der Waals surface area contributed by atoms with Crippen LogP contribution in [0.2, 0.25) is 5.02 Å². The number of benzene rings is 1. The van der Waals surface area contributed by atoms with Crippen molar-refractivity contribution in [1.29, 1.82) is 0 Å². The van der Waals surface area contributed by atoms with Crippen molar-refractivity contribution in [2.24, 2.45) is 0 Å². The summed E-state index contributed by atoms with van der Waals surface area (Å²) >= 11 is 5.88. The number of halogens is 4. The summed E-state index contributed by atoms with van der Waals surface area (Å²) in [5, 5.41) is 13.4. The molecule has 0 radical (unpaired) electrons.